The van der Waals surface area contributed by atoms with E-state index in [0.29, 0.717) is 0 Å². The summed E-state index contributed by atoms with van der Waals surface area (Å²) in [6, 6.07) is 13.4. The molecule has 2 aromatic rings. The van der Waals surface area contributed by atoms with Gasteiger partial charge in [-0.2, -0.15) is 0 Å². The minimum atomic E-state index is -0.343. The van der Waals surface area contributed by atoms with Gasteiger partial charge in [0, 0.05) is 11.6 Å². The minimum Gasteiger partial charge on any atom is -0.508 e. The fourth-order valence-corrected chi connectivity index (χ4v) is 2.94. The van der Waals surface area contributed by atoms with Gasteiger partial charge in [-0.05, 0) is 37.6 Å². The molecule has 0 saturated carbocycles. The molecule has 20 heavy (non-hydrogen) atoms. The van der Waals surface area contributed by atoms with E-state index in [1.807, 2.05) is 18.2 Å². The fraction of sp³-hybridized carbons (Fsp3) is 0.294. The molecule has 1 heterocycles. The van der Waals surface area contributed by atoms with Crippen LogP contribution in [-0.2, 0) is 0 Å². The van der Waals surface area contributed by atoms with Crippen molar-refractivity contribution in [2.75, 3.05) is 7.11 Å². The van der Waals surface area contributed by atoms with Crippen LogP contribution in [0.15, 0.2) is 42.5 Å². The first-order chi connectivity index (χ1) is 9.51. The Kier molecular flexibility index (Phi) is 2.85. The first-order valence-electron chi connectivity index (χ1n) is 6.67. The van der Waals surface area contributed by atoms with Crippen LogP contribution in [0, 0.1) is 0 Å². The van der Waals surface area contributed by atoms with Crippen LogP contribution in [0.2, 0.25) is 0 Å². The summed E-state index contributed by atoms with van der Waals surface area (Å²) in [7, 11) is 1.66. The average Bonchev–Trinajstić information content (AvgIpc) is 2.68. The van der Waals surface area contributed by atoms with Crippen LogP contribution < -0.4 is 9.47 Å². The van der Waals surface area contributed by atoms with Crippen molar-refractivity contribution in [1.82, 2.24) is 0 Å². The van der Waals surface area contributed by atoms with Crippen molar-refractivity contribution in [2.45, 2.75) is 25.4 Å². The van der Waals surface area contributed by atoms with Gasteiger partial charge in [0.25, 0.3) is 0 Å². The summed E-state index contributed by atoms with van der Waals surface area (Å²) in [4.78, 5) is 0. The van der Waals surface area contributed by atoms with Gasteiger partial charge in [0.1, 0.15) is 22.8 Å². The van der Waals surface area contributed by atoms with Gasteiger partial charge in [-0.15, -0.1) is 0 Å². The number of fused-ring (bicyclic) bond motifs is 1. The van der Waals surface area contributed by atoms with E-state index < -0.39 is 0 Å². The zero-order valence-corrected chi connectivity index (χ0v) is 11.9. The summed E-state index contributed by atoms with van der Waals surface area (Å²) >= 11 is 0. The molecule has 0 aromatic heterocycles. The van der Waals surface area contributed by atoms with Crippen LogP contribution in [0.4, 0.5) is 0 Å². The van der Waals surface area contributed by atoms with E-state index in [1.165, 1.54) is 5.56 Å². The first kappa shape index (κ1) is 12.9. The highest BCUT2D eigenvalue weighted by molar-refractivity contribution is 5.52. The van der Waals surface area contributed by atoms with E-state index in [0.717, 1.165) is 17.1 Å². The van der Waals surface area contributed by atoms with Gasteiger partial charge in [-0.25, -0.2) is 0 Å². The standard InChI is InChI=1S/C17H18O3/c1-17(2)16(11-4-7-13(19-3)8-5-11)14-9-6-12(18)10-15(14)20-17/h4-10,16,18H,1-3H3. The summed E-state index contributed by atoms with van der Waals surface area (Å²) in [6.45, 7) is 4.14. The van der Waals surface area contributed by atoms with Crippen LogP contribution in [0.3, 0.4) is 0 Å². The topological polar surface area (TPSA) is 38.7 Å². The van der Waals surface area contributed by atoms with Gasteiger partial charge in [0.05, 0.1) is 13.0 Å². The largest absolute Gasteiger partial charge is 0.508 e. The predicted molar refractivity (Wildman–Crippen MR) is 77.7 cm³/mol. The number of rotatable bonds is 2. The molecule has 1 unspecified atom stereocenters. The Morgan fingerprint density at radius 2 is 1.80 bits per heavy atom. The smallest absolute Gasteiger partial charge is 0.127 e. The maximum atomic E-state index is 9.60. The van der Waals surface area contributed by atoms with Crippen LogP contribution in [-0.4, -0.2) is 17.8 Å². The van der Waals surface area contributed by atoms with Crippen molar-refractivity contribution in [3.05, 3.63) is 53.6 Å². The van der Waals surface area contributed by atoms with Crippen molar-refractivity contribution in [3.8, 4) is 17.2 Å². The number of phenols is 1. The van der Waals surface area contributed by atoms with E-state index in [2.05, 4.69) is 26.0 Å². The van der Waals surface area contributed by atoms with Crippen LogP contribution in [0.1, 0.15) is 30.9 Å². The number of ether oxygens (including phenoxy) is 2. The second-order valence-electron chi connectivity index (χ2n) is 5.63. The maximum absolute atomic E-state index is 9.60. The van der Waals surface area contributed by atoms with Crippen LogP contribution >= 0.6 is 0 Å². The molecular weight excluding hydrogens is 252 g/mol. The van der Waals surface area contributed by atoms with Crippen LogP contribution in [0.5, 0.6) is 17.2 Å². The van der Waals surface area contributed by atoms with Crippen LogP contribution in [0.25, 0.3) is 0 Å². The highest BCUT2D eigenvalue weighted by atomic mass is 16.5. The molecule has 3 rings (SSSR count). The molecular formula is C17H18O3. The monoisotopic (exact) mass is 270 g/mol. The Morgan fingerprint density at radius 3 is 2.45 bits per heavy atom. The average molecular weight is 270 g/mol. The lowest BCUT2D eigenvalue weighted by molar-refractivity contribution is 0.122. The van der Waals surface area contributed by atoms with Gasteiger partial charge in [-0.3, -0.25) is 0 Å². The minimum absolute atomic E-state index is 0.143. The number of aromatic hydroxyl groups is 1. The molecule has 3 nitrogen and oxygen atoms in total. The third-order valence-corrected chi connectivity index (χ3v) is 3.83. The molecule has 1 N–H and O–H groups in total. The number of hydrogen-bond acceptors (Lipinski definition) is 3. The van der Waals surface area contributed by atoms with Gasteiger partial charge in [0.15, 0.2) is 0 Å². The molecule has 0 fully saturated rings. The Balaban J connectivity index is 2.07. The lowest BCUT2D eigenvalue weighted by atomic mass is 9.81. The van der Waals surface area contributed by atoms with Crippen molar-refractivity contribution in [2.24, 2.45) is 0 Å². The SMILES string of the molecule is COc1ccc(C2c3ccc(O)cc3OC2(C)C)cc1. The second kappa shape index (κ2) is 4.44. The third kappa shape index (κ3) is 1.99. The lowest BCUT2D eigenvalue weighted by Gasteiger charge is -2.27. The summed E-state index contributed by atoms with van der Waals surface area (Å²) in [5.74, 6) is 1.98. The molecule has 0 aliphatic carbocycles. The molecule has 0 amide bonds. The van der Waals surface area contributed by atoms with E-state index >= 15 is 0 Å². The van der Waals surface area contributed by atoms with Crippen molar-refractivity contribution in [1.29, 1.82) is 0 Å². The Labute approximate surface area is 118 Å². The zero-order valence-electron chi connectivity index (χ0n) is 11.9. The maximum Gasteiger partial charge on any atom is 0.127 e. The summed E-state index contributed by atoms with van der Waals surface area (Å²) in [6.07, 6.45) is 0. The second-order valence-corrected chi connectivity index (χ2v) is 5.63. The van der Waals surface area contributed by atoms with E-state index in [9.17, 15) is 5.11 Å². The van der Waals surface area contributed by atoms with Crippen molar-refractivity contribution < 1.29 is 14.6 Å². The lowest BCUT2D eigenvalue weighted by Crippen LogP contribution is -2.30. The normalized spacial score (nSPS) is 19.2. The molecule has 2 aromatic carbocycles. The molecule has 0 radical (unpaired) electrons. The molecule has 0 spiro atoms. The van der Waals surface area contributed by atoms with Gasteiger partial charge in [-0.1, -0.05) is 18.2 Å². The highest BCUT2D eigenvalue weighted by Crippen LogP contribution is 2.49. The first-order valence-corrected chi connectivity index (χ1v) is 6.67. The van der Waals surface area contributed by atoms with Crippen molar-refractivity contribution >= 4 is 0 Å². The number of hydrogen-bond donors (Lipinski definition) is 1. The summed E-state index contributed by atoms with van der Waals surface area (Å²) < 4.78 is 11.2. The number of methoxy groups -OCH3 is 1. The van der Waals surface area contributed by atoms with E-state index in [-0.39, 0.29) is 17.3 Å². The molecule has 0 saturated heterocycles. The molecule has 1 atom stereocenters. The molecule has 1 aliphatic heterocycles. The van der Waals surface area contributed by atoms with Gasteiger partial charge >= 0.3 is 0 Å². The highest BCUT2D eigenvalue weighted by Gasteiger charge is 2.42. The predicted octanol–water partition coefficient (Wildman–Crippen LogP) is 3.70. The molecule has 0 bridgehead atoms. The molecule has 3 heteroatoms. The van der Waals surface area contributed by atoms with Gasteiger partial charge in [0.2, 0.25) is 0 Å². The summed E-state index contributed by atoms with van der Waals surface area (Å²) in [5, 5.41) is 9.60. The summed E-state index contributed by atoms with van der Waals surface area (Å²) in [5.41, 5.74) is 1.95. The number of phenolic OH excluding ortho intramolecular Hbond substituents is 1. The fourth-order valence-electron chi connectivity index (χ4n) is 2.94. The van der Waals surface area contributed by atoms with Crippen molar-refractivity contribution in [3.63, 3.8) is 0 Å². The van der Waals surface area contributed by atoms with E-state index in [1.54, 1.807) is 19.2 Å². The molecule has 104 valence electrons. The third-order valence-electron chi connectivity index (χ3n) is 3.83. The van der Waals surface area contributed by atoms with Gasteiger partial charge < -0.3 is 14.6 Å². The Hall–Kier alpha value is -2.16. The number of benzene rings is 2. The Bertz CT molecular complexity index is 629. The quantitative estimate of drug-likeness (QED) is 0.904. The Morgan fingerprint density at radius 1 is 1.10 bits per heavy atom. The zero-order chi connectivity index (χ0) is 14.3. The molecule has 1 aliphatic rings. The van der Waals surface area contributed by atoms with E-state index in [4.69, 9.17) is 9.47 Å².